The van der Waals surface area contributed by atoms with Crippen LogP contribution >= 0.6 is 0 Å². The van der Waals surface area contributed by atoms with E-state index in [0.717, 1.165) is 12.2 Å². The van der Waals surface area contributed by atoms with Gasteiger partial charge >= 0.3 is 0 Å². The average Bonchev–Trinajstić information content (AvgIpc) is 3.43. The lowest BCUT2D eigenvalue weighted by molar-refractivity contribution is -0.152. The van der Waals surface area contributed by atoms with Crippen LogP contribution in [0.15, 0.2) is 42.7 Å². The lowest BCUT2D eigenvalue weighted by atomic mass is 9.65. The van der Waals surface area contributed by atoms with Crippen molar-refractivity contribution in [2.24, 2.45) is 12.5 Å². The summed E-state index contributed by atoms with van der Waals surface area (Å²) >= 11 is 0. The second-order valence-electron chi connectivity index (χ2n) is 10.1. The minimum Gasteiger partial charge on any atom is -0.377 e. The van der Waals surface area contributed by atoms with Crippen molar-refractivity contribution in [2.45, 2.75) is 38.3 Å². The molecule has 0 bridgehead atoms. The minimum atomic E-state index is -2.54. The van der Waals surface area contributed by atoms with Crippen LogP contribution in [0.25, 0.3) is 17.0 Å². The summed E-state index contributed by atoms with van der Waals surface area (Å²) < 4.78 is 57.1. The number of aromatic nitrogens is 4. The monoisotopic (exact) mass is 531 g/mol. The molecule has 1 aliphatic heterocycles. The van der Waals surface area contributed by atoms with Crippen molar-refractivity contribution in [1.29, 1.82) is 0 Å². The van der Waals surface area contributed by atoms with Crippen molar-refractivity contribution in [3.05, 3.63) is 54.1 Å². The van der Waals surface area contributed by atoms with Gasteiger partial charge < -0.3 is 20.6 Å². The molecule has 5 rings (SSSR count). The Balaban J connectivity index is 1.27. The Bertz CT molecular complexity index is 1330. The number of nitrogens with zero attached hydrogens (tertiary/aromatic N) is 5. The summed E-state index contributed by atoms with van der Waals surface area (Å²) in [7, 11) is 1.69. The van der Waals surface area contributed by atoms with E-state index >= 15 is 0 Å². The molecule has 1 spiro atoms. The van der Waals surface area contributed by atoms with Crippen molar-refractivity contribution >= 4 is 23.0 Å². The lowest BCUT2D eigenvalue weighted by Gasteiger charge is -2.44. The van der Waals surface area contributed by atoms with E-state index in [1.54, 1.807) is 19.3 Å². The quantitative estimate of drug-likeness (QED) is 0.289. The molecule has 2 aromatic heterocycles. The molecule has 1 saturated heterocycles. The molecule has 1 aliphatic carbocycles. The Labute approximate surface area is 217 Å². The van der Waals surface area contributed by atoms with Crippen LogP contribution in [0, 0.1) is 11.2 Å². The number of anilines is 3. The fraction of sp³-hybridized carbons (Fsp3) is 0.423. The molecule has 1 aromatic carbocycles. The fourth-order valence-electron chi connectivity index (χ4n) is 5.30. The van der Waals surface area contributed by atoms with Crippen LogP contribution in [0.3, 0.4) is 0 Å². The van der Waals surface area contributed by atoms with E-state index in [4.69, 9.17) is 5.11 Å². The van der Waals surface area contributed by atoms with Crippen LogP contribution in [-0.2, 0) is 7.05 Å². The second kappa shape index (κ2) is 9.90. The predicted octanol–water partition coefficient (Wildman–Crippen LogP) is 4.62. The standard InChI is InChI=1S/C26H29F4N7O/c1-16(27)20(11-31-15-38)19-5-4-18(9-21(19)28)33-24-34-23(35-36(24)2)17-3-6-22(32-10-17)37-8-7-25(14-37)12-26(29,30)13-25/h3-6,9-11,16,31,38H,7-8,12-15H2,1-2H3,(H,33,34,35)/b20-11+. The smallest absolute Gasteiger partial charge is 0.249 e. The van der Waals surface area contributed by atoms with Crippen LogP contribution in [0.4, 0.5) is 35.0 Å². The van der Waals surface area contributed by atoms with Crippen LogP contribution in [0.2, 0.25) is 0 Å². The molecule has 1 unspecified atom stereocenters. The first-order chi connectivity index (χ1) is 18.1. The summed E-state index contributed by atoms with van der Waals surface area (Å²) in [5.41, 5.74) is 0.919. The van der Waals surface area contributed by atoms with E-state index in [9.17, 15) is 17.6 Å². The Morgan fingerprint density at radius 3 is 2.66 bits per heavy atom. The molecular formula is C26H29F4N7O. The van der Waals surface area contributed by atoms with Crippen LogP contribution in [0.1, 0.15) is 31.7 Å². The molecule has 202 valence electrons. The number of alkyl halides is 3. The van der Waals surface area contributed by atoms with Gasteiger partial charge in [0.05, 0.1) is 0 Å². The van der Waals surface area contributed by atoms with E-state index in [1.165, 1.54) is 29.9 Å². The number of hydrogen-bond donors (Lipinski definition) is 3. The fourth-order valence-corrected chi connectivity index (χ4v) is 5.30. The summed E-state index contributed by atoms with van der Waals surface area (Å²) in [4.78, 5) is 11.0. The molecule has 1 saturated carbocycles. The number of rotatable bonds is 8. The van der Waals surface area contributed by atoms with E-state index in [1.807, 2.05) is 17.0 Å². The van der Waals surface area contributed by atoms with Gasteiger partial charge in [-0.3, -0.25) is 0 Å². The van der Waals surface area contributed by atoms with Crippen molar-refractivity contribution in [3.63, 3.8) is 0 Å². The van der Waals surface area contributed by atoms with Gasteiger partial charge in [0.2, 0.25) is 11.9 Å². The number of aliphatic hydroxyl groups is 1. The highest BCUT2D eigenvalue weighted by atomic mass is 19.3. The number of aryl methyl sites for hydroxylation is 1. The van der Waals surface area contributed by atoms with Gasteiger partial charge in [0.25, 0.3) is 0 Å². The summed E-state index contributed by atoms with van der Waals surface area (Å²) in [5, 5.41) is 18.8. The third kappa shape index (κ3) is 5.17. The summed E-state index contributed by atoms with van der Waals surface area (Å²) in [6, 6.07) is 7.95. The largest absolute Gasteiger partial charge is 0.377 e. The molecule has 12 heteroatoms. The summed E-state index contributed by atoms with van der Waals surface area (Å²) in [6.07, 6.45) is 2.09. The molecule has 38 heavy (non-hydrogen) atoms. The van der Waals surface area contributed by atoms with Crippen molar-refractivity contribution < 1.29 is 22.7 Å². The highest BCUT2D eigenvalue weighted by molar-refractivity contribution is 5.71. The molecular weight excluding hydrogens is 502 g/mol. The van der Waals surface area contributed by atoms with Gasteiger partial charge in [-0.15, -0.1) is 5.10 Å². The zero-order valence-electron chi connectivity index (χ0n) is 21.1. The molecule has 3 heterocycles. The van der Waals surface area contributed by atoms with E-state index in [0.29, 0.717) is 36.1 Å². The van der Waals surface area contributed by atoms with Crippen LogP contribution in [0.5, 0.6) is 0 Å². The van der Waals surface area contributed by atoms with Gasteiger partial charge in [-0.25, -0.2) is 27.2 Å². The summed E-state index contributed by atoms with van der Waals surface area (Å²) in [5.74, 6) is -1.67. The maximum atomic E-state index is 14.8. The maximum absolute atomic E-state index is 14.8. The molecule has 0 radical (unpaired) electrons. The Morgan fingerprint density at radius 1 is 1.24 bits per heavy atom. The van der Waals surface area contributed by atoms with Crippen LogP contribution in [-0.4, -0.2) is 56.8 Å². The number of aliphatic hydroxyl groups excluding tert-OH is 1. The topological polar surface area (TPSA) is 91.1 Å². The molecule has 8 nitrogen and oxygen atoms in total. The van der Waals surface area contributed by atoms with Gasteiger partial charge in [0.15, 0.2) is 5.82 Å². The van der Waals surface area contributed by atoms with Crippen molar-refractivity contribution in [3.8, 4) is 11.4 Å². The number of allylic oxidation sites excluding steroid dienone is 1. The number of nitrogens with one attached hydrogen (secondary N) is 2. The van der Waals surface area contributed by atoms with Gasteiger partial charge in [-0.2, -0.15) is 4.98 Å². The maximum Gasteiger partial charge on any atom is 0.249 e. The number of pyridine rings is 1. The molecule has 0 amide bonds. The Hall–Kier alpha value is -3.67. The normalized spacial score (nSPS) is 18.9. The minimum absolute atomic E-state index is 0.0530. The number of halogens is 4. The van der Waals surface area contributed by atoms with Crippen molar-refractivity contribution in [1.82, 2.24) is 25.1 Å². The molecule has 2 aliphatic rings. The predicted molar refractivity (Wildman–Crippen MR) is 136 cm³/mol. The van der Waals surface area contributed by atoms with Gasteiger partial charge in [0.1, 0.15) is 24.5 Å². The lowest BCUT2D eigenvalue weighted by Crippen LogP contribution is -2.47. The first kappa shape index (κ1) is 26.0. The van der Waals surface area contributed by atoms with Gasteiger partial charge in [-0.05, 0) is 43.7 Å². The third-order valence-corrected chi connectivity index (χ3v) is 7.11. The zero-order chi connectivity index (χ0) is 27.1. The van der Waals surface area contributed by atoms with Crippen LogP contribution < -0.4 is 15.5 Å². The molecule has 3 aromatic rings. The first-order valence-electron chi connectivity index (χ1n) is 12.3. The second-order valence-corrected chi connectivity index (χ2v) is 10.1. The molecule has 1 atom stereocenters. The van der Waals surface area contributed by atoms with E-state index in [2.05, 4.69) is 25.7 Å². The Kier molecular flexibility index (Phi) is 6.76. The number of benzene rings is 1. The summed E-state index contributed by atoms with van der Waals surface area (Å²) in [6.45, 7) is 2.17. The van der Waals surface area contributed by atoms with Gasteiger partial charge in [-0.1, -0.05) is 0 Å². The highest BCUT2D eigenvalue weighted by Crippen LogP contribution is 2.56. The SMILES string of the molecule is CC(F)/C(=C\NCO)c1ccc(Nc2nc(-c3ccc(N4CCC5(C4)CC(F)(F)C5)nc3)nn2C)cc1F. The third-order valence-electron chi connectivity index (χ3n) is 7.11. The first-order valence-corrected chi connectivity index (χ1v) is 12.3. The average molecular weight is 532 g/mol. The molecule has 2 fully saturated rings. The Morgan fingerprint density at radius 2 is 2.03 bits per heavy atom. The number of hydrogen-bond acceptors (Lipinski definition) is 7. The molecule has 3 N–H and O–H groups in total. The van der Waals surface area contributed by atoms with E-state index < -0.39 is 24.6 Å². The highest BCUT2D eigenvalue weighted by Gasteiger charge is 2.58. The van der Waals surface area contributed by atoms with Gasteiger partial charge in [0, 0.05) is 73.2 Å². The van der Waals surface area contributed by atoms with Crippen molar-refractivity contribution in [2.75, 3.05) is 30.0 Å². The van der Waals surface area contributed by atoms with E-state index in [-0.39, 0.29) is 29.4 Å². The zero-order valence-corrected chi connectivity index (χ0v) is 21.1.